The van der Waals surface area contributed by atoms with Gasteiger partial charge in [0.05, 0.1) is 7.11 Å². The molecule has 0 unspecified atom stereocenters. The molecule has 21 heavy (non-hydrogen) atoms. The topological polar surface area (TPSA) is 68.5 Å². The highest BCUT2D eigenvalue weighted by atomic mass is 16.5. The number of pyridine rings is 1. The van der Waals surface area contributed by atoms with Gasteiger partial charge in [-0.2, -0.15) is 0 Å². The lowest BCUT2D eigenvalue weighted by Gasteiger charge is -2.24. The minimum atomic E-state index is -0.438. The number of carbonyl (C=O) groups excluding carboxylic acids is 1. The molecule has 2 N–H and O–H groups in total. The van der Waals surface area contributed by atoms with Crippen molar-refractivity contribution in [3.05, 3.63) is 53.9 Å². The van der Waals surface area contributed by atoms with Crippen LogP contribution in [0.3, 0.4) is 0 Å². The molecule has 0 saturated heterocycles. The van der Waals surface area contributed by atoms with Gasteiger partial charge in [-0.05, 0) is 30.7 Å². The molecule has 1 aromatic carbocycles. The number of rotatable bonds is 5. The molecular formula is C16H19N3O2. The van der Waals surface area contributed by atoms with Crippen molar-refractivity contribution in [2.75, 3.05) is 24.3 Å². The van der Waals surface area contributed by atoms with Crippen LogP contribution in [0, 0.1) is 0 Å². The summed E-state index contributed by atoms with van der Waals surface area (Å²) in [6.45, 7) is 3.52. The maximum Gasteiger partial charge on any atom is 0.356 e. The van der Waals surface area contributed by atoms with Gasteiger partial charge in [-0.3, -0.25) is 0 Å². The molecule has 110 valence electrons. The van der Waals surface area contributed by atoms with Crippen LogP contribution in [-0.4, -0.2) is 24.6 Å². The molecule has 0 saturated carbocycles. The average Bonchev–Trinajstić information content (AvgIpc) is 2.53. The smallest absolute Gasteiger partial charge is 0.356 e. The molecule has 2 rings (SSSR count). The number of ether oxygens (including phenoxy) is 1. The first-order valence-electron chi connectivity index (χ1n) is 6.78. The molecule has 0 amide bonds. The summed E-state index contributed by atoms with van der Waals surface area (Å²) in [5.74, 6) is -0.438. The molecular weight excluding hydrogens is 266 g/mol. The van der Waals surface area contributed by atoms with Crippen molar-refractivity contribution in [2.24, 2.45) is 0 Å². The predicted octanol–water partition coefficient (Wildman–Crippen LogP) is 2.48. The molecule has 2 aromatic rings. The third-order valence-corrected chi connectivity index (χ3v) is 3.30. The number of aromatic nitrogens is 1. The van der Waals surface area contributed by atoms with Crippen molar-refractivity contribution in [3.8, 4) is 0 Å². The van der Waals surface area contributed by atoms with Gasteiger partial charge in [-0.15, -0.1) is 0 Å². The minimum absolute atomic E-state index is 0.300. The van der Waals surface area contributed by atoms with E-state index in [1.807, 2.05) is 30.3 Å². The summed E-state index contributed by atoms with van der Waals surface area (Å²) in [5.41, 5.74) is 9.02. The highest BCUT2D eigenvalue weighted by Crippen LogP contribution is 2.20. The largest absolute Gasteiger partial charge is 0.464 e. The fraction of sp³-hybridized carbons (Fsp3) is 0.250. The number of methoxy groups -OCH3 is 1. The Balaban J connectivity index is 2.25. The van der Waals surface area contributed by atoms with E-state index in [0.717, 1.165) is 23.5 Å². The Kier molecular flexibility index (Phi) is 4.77. The predicted molar refractivity (Wildman–Crippen MR) is 83.2 cm³/mol. The van der Waals surface area contributed by atoms with Crippen molar-refractivity contribution in [1.82, 2.24) is 4.98 Å². The number of hydrogen-bond donors (Lipinski definition) is 1. The zero-order chi connectivity index (χ0) is 15.2. The van der Waals surface area contributed by atoms with Crippen molar-refractivity contribution in [3.63, 3.8) is 0 Å². The van der Waals surface area contributed by atoms with E-state index in [1.165, 1.54) is 7.11 Å². The number of hydrogen-bond acceptors (Lipinski definition) is 5. The summed E-state index contributed by atoms with van der Waals surface area (Å²) in [4.78, 5) is 17.7. The summed E-state index contributed by atoms with van der Waals surface area (Å²) in [6.07, 6.45) is 1.61. The maximum atomic E-state index is 11.6. The Morgan fingerprint density at radius 3 is 2.76 bits per heavy atom. The van der Waals surface area contributed by atoms with Crippen LogP contribution in [0.1, 0.15) is 23.0 Å². The summed E-state index contributed by atoms with van der Waals surface area (Å²) in [6, 6.07) is 11.4. The fourth-order valence-corrected chi connectivity index (χ4v) is 2.10. The lowest BCUT2D eigenvalue weighted by molar-refractivity contribution is 0.0594. The normalized spacial score (nSPS) is 10.2. The van der Waals surface area contributed by atoms with Gasteiger partial charge < -0.3 is 15.4 Å². The van der Waals surface area contributed by atoms with Crippen molar-refractivity contribution in [2.45, 2.75) is 13.5 Å². The Labute approximate surface area is 124 Å². The average molecular weight is 285 g/mol. The van der Waals surface area contributed by atoms with E-state index in [2.05, 4.69) is 16.8 Å². The number of carbonyl (C=O) groups is 1. The molecule has 0 aliphatic rings. The number of nitrogens with two attached hydrogens (primary N) is 1. The van der Waals surface area contributed by atoms with Crippen LogP contribution in [0.4, 0.5) is 11.4 Å². The summed E-state index contributed by atoms with van der Waals surface area (Å²) in [5, 5.41) is 0. The van der Waals surface area contributed by atoms with E-state index < -0.39 is 5.97 Å². The van der Waals surface area contributed by atoms with Gasteiger partial charge in [0, 0.05) is 30.7 Å². The number of anilines is 2. The first-order chi connectivity index (χ1) is 10.2. The Morgan fingerprint density at radius 1 is 1.33 bits per heavy atom. The Bertz CT molecular complexity index is 628. The van der Waals surface area contributed by atoms with E-state index in [-0.39, 0.29) is 0 Å². The molecule has 1 heterocycles. The van der Waals surface area contributed by atoms with Crippen LogP contribution in [0.5, 0.6) is 0 Å². The molecule has 1 aromatic heterocycles. The van der Waals surface area contributed by atoms with Gasteiger partial charge in [0.15, 0.2) is 0 Å². The monoisotopic (exact) mass is 285 g/mol. The Morgan fingerprint density at radius 2 is 2.10 bits per heavy atom. The van der Waals surface area contributed by atoms with Crippen molar-refractivity contribution in [1.29, 1.82) is 0 Å². The zero-order valence-electron chi connectivity index (χ0n) is 12.2. The molecule has 5 nitrogen and oxygen atoms in total. The van der Waals surface area contributed by atoms with Crippen LogP contribution in [0.2, 0.25) is 0 Å². The number of benzene rings is 1. The van der Waals surface area contributed by atoms with E-state index in [0.29, 0.717) is 12.2 Å². The number of esters is 1. The van der Waals surface area contributed by atoms with Gasteiger partial charge in [0.2, 0.25) is 0 Å². The molecule has 0 bridgehead atoms. The third kappa shape index (κ3) is 3.51. The van der Waals surface area contributed by atoms with Crippen molar-refractivity contribution < 1.29 is 9.53 Å². The maximum absolute atomic E-state index is 11.6. The van der Waals surface area contributed by atoms with Crippen LogP contribution < -0.4 is 10.6 Å². The number of para-hydroxylation sites is 1. The lowest BCUT2D eigenvalue weighted by Crippen LogP contribution is -2.23. The molecule has 0 atom stereocenters. The summed E-state index contributed by atoms with van der Waals surface area (Å²) < 4.78 is 4.70. The second kappa shape index (κ2) is 6.74. The quantitative estimate of drug-likeness (QED) is 0.675. The Hall–Kier alpha value is -2.56. The number of nitrogens with zero attached hydrogens (tertiary/aromatic N) is 2. The van der Waals surface area contributed by atoms with Gasteiger partial charge in [0.1, 0.15) is 5.69 Å². The molecule has 0 spiro atoms. The highest BCUT2D eigenvalue weighted by molar-refractivity contribution is 5.88. The highest BCUT2D eigenvalue weighted by Gasteiger charge is 2.12. The van der Waals surface area contributed by atoms with Gasteiger partial charge in [-0.25, -0.2) is 9.78 Å². The summed E-state index contributed by atoms with van der Waals surface area (Å²) in [7, 11) is 1.35. The number of nitrogen functional groups attached to an aromatic ring is 1. The first-order valence-corrected chi connectivity index (χ1v) is 6.78. The van der Waals surface area contributed by atoms with E-state index in [1.54, 1.807) is 12.3 Å². The van der Waals surface area contributed by atoms with Gasteiger partial charge >= 0.3 is 5.97 Å². The lowest BCUT2D eigenvalue weighted by atomic mass is 10.1. The van der Waals surface area contributed by atoms with Crippen LogP contribution in [0.25, 0.3) is 0 Å². The molecule has 0 aliphatic heterocycles. The molecule has 0 aliphatic carbocycles. The minimum Gasteiger partial charge on any atom is -0.464 e. The van der Waals surface area contributed by atoms with E-state index in [4.69, 9.17) is 10.5 Å². The first kappa shape index (κ1) is 14.8. The molecule has 5 heteroatoms. The van der Waals surface area contributed by atoms with E-state index in [9.17, 15) is 4.79 Å². The third-order valence-electron chi connectivity index (χ3n) is 3.30. The fourth-order valence-electron chi connectivity index (χ4n) is 2.10. The molecule has 0 fully saturated rings. The summed E-state index contributed by atoms with van der Waals surface area (Å²) >= 11 is 0. The zero-order valence-corrected chi connectivity index (χ0v) is 12.2. The van der Waals surface area contributed by atoms with Gasteiger partial charge in [-0.1, -0.05) is 18.2 Å². The van der Waals surface area contributed by atoms with Crippen molar-refractivity contribution >= 4 is 17.3 Å². The van der Waals surface area contributed by atoms with Crippen LogP contribution >= 0.6 is 0 Å². The van der Waals surface area contributed by atoms with E-state index >= 15 is 0 Å². The molecule has 0 radical (unpaired) electrons. The second-order valence-corrected chi connectivity index (χ2v) is 4.60. The van der Waals surface area contributed by atoms with Crippen LogP contribution in [-0.2, 0) is 11.3 Å². The van der Waals surface area contributed by atoms with Crippen LogP contribution in [0.15, 0.2) is 42.6 Å². The standard InChI is InChI=1S/C16H19N3O2/c1-3-19(11-12-6-4-5-7-14(12)17)13-8-9-18-15(10-13)16(20)21-2/h4-10H,3,11,17H2,1-2H3. The second-order valence-electron chi connectivity index (χ2n) is 4.60. The SMILES string of the molecule is CCN(Cc1ccccc1N)c1ccnc(C(=O)OC)c1. The van der Waals surface area contributed by atoms with Gasteiger partial charge in [0.25, 0.3) is 0 Å².